The standard InChI is InChI=1S/C13H28N2O2/c1-7-15(12(4)10-14(5)6)11(3)9-13(16)17-8-2/h11-12H,7-10H2,1-6H3. The molecule has 0 rings (SSSR count). The Hall–Kier alpha value is -0.610. The van der Waals surface area contributed by atoms with Crippen molar-refractivity contribution in [2.75, 3.05) is 33.8 Å². The molecule has 0 saturated carbocycles. The maximum absolute atomic E-state index is 11.5. The van der Waals surface area contributed by atoms with Crippen molar-refractivity contribution in [3.05, 3.63) is 0 Å². The van der Waals surface area contributed by atoms with Crippen molar-refractivity contribution in [3.8, 4) is 0 Å². The Morgan fingerprint density at radius 3 is 2.18 bits per heavy atom. The molecule has 0 aliphatic heterocycles. The van der Waals surface area contributed by atoms with Crippen molar-refractivity contribution in [3.63, 3.8) is 0 Å². The van der Waals surface area contributed by atoms with Gasteiger partial charge in [-0.05, 0) is 41.4 Å². The number of carbonyl (C=O) groups excluding carboxylic acids is 1. The zero-order chi connectivity index (χ0) is 13.4. The summed E-state index contributed by atoms with van der Waals surface area (Å²) < 4.78 is 4.99. The quantitative estimate of drug-likeness (QED) is 0.607. The SMILES string of the molecule is CCOC(=O)CC(C)N(CC)C(C)CN(C)C. The van der Waals surface area contributed by atoms with E-state index >= 15 is 0 Å². The highest BCUT2D eigenvalue weighted by atomic mass is 16.5. The Kier molecular flexibility index (Phi) is 8.17. The van der Waals surface area contributed by atoms with Crippen molar-refractivity contribution < 1.29 is 9.53 Å². The maximum Gasteiger partial charge on any atom is 0.307 e. The smallest absolute Gasteiger partial charge is 0.307 e. The van der Waals surface area contributed by atoms with Gasteiger partial charge in [-0.25, -0.2) is 0 Å². The van der Waals surface area contributed by atoms with E-state index in [1.165, 1.54) is 0 Å². The molecule has 0 aromatic heterocycles. The number of rotatable bonds is 8. The Balaban J connectivity index is 4.28. The number of carbonyl (C=O) groups is 1. The van der Waals surface area contributed by atoms with Crippen LogP contribution in [-0.4, -0.2) is 61.6 Å². The minimum atomic E-state index is -0.101. The average Bonchev–Trinajstić information content (AvgIpc) is 2.17. The van der Waals surface area contributed by atoms with E-state index in [1.807, 2.05) is 6.92 Å². The molecule has 102 valence electrons. The fourth-order valence-corrected chi connectivity index (χ4v) is 2.27. The molecule has 0 heterocycles. The van der Waals surface area contributed by atoms with Gasteiger partial charge in [0.25, 0.3) is 0 Å². The molecule has 0 aromatic carbocycles. The lowest BCUT2D eigenvalue weighted by atomic mass is 10.1. The fourth-order valence-electron chi connectivity index (χ4n) is 2.27. The van der Waals surface area contributed by atoms with Gasteiger partial charge < -0.3 is 9.64 Å². The minimum absolute atomic E-state index is 0.101. The lowest BCUT2D eigenvalue weighted by Gasteiger charge is -2.34. The monoisotopic (exact) mass is 244 g/mol. The van der Waals surface area contributed by atoms with E-state index in [2.05, 4.69) is 44.7 Å². The summed E-state index contributed by atoms with van der Waals surface area (Å²) >= 11 is 0. The van der Waals surface area contributed by atoms with Crippen LogP contribution in [-0.2, 0) is 9.53 Å². The van der Waals surface area contributed by atoms with Gasteiger partial charge >= 0.3 is 5.97 Å². The number of hydrogen-bond donors (Lipinski definition) is 0. The molecular formula is C13H28N2O2. The molecule has 0 amide bonds. The maximum atomic E-state index is 11.5. The minimum Gasteiger partial charge on any atom is -0.466 e. The first kappa shape index (κ1) is 16.4. The summed E-state index contributed by atoms with van der Waals surface area (Å²) in [6, 6.07) is 0.674. The molecule has 0 radical (unpaired) electrons. The molecule has 0 saturated heterocycles. The van der Waals surface area contributed by atoms with E-state index in [9.17, 15) is 4.79 Å². The van der Waals surface area contributed by atoms with E-state index in [1.54, 1.807) is 0 Å². The van der Waals surface area contributed by atoms with Crippen LogP contribution in [0.3, 0.4) is 0 Å². The first-order valence-electron chi connectivity index (χ1n) is 6.48. The zero-order valence-electron chi connectivity index (χ0n) is 12.2. The van der Waals surface area contributed by atoms with Gasteiger partial charge in [0.15, 0.2) is 0 Å². The number of hydrogen-bond acceptors (Lipinski definition) is 4. The van der Waals surface area contributed by atoms with Crippen LogP contribution < -0.4 is 0 Å². The van der Waals surface area contributed by atoms with E-state index in [4.69, 9.17) is 4.74 Å². The van der Waals surface area contributed by atoms with Crippen LogP contribution in [0.1, 0.15) is 34.1 Å². The molecule has 4 nitrogen and oxygen atoms in total. The Labute approximate surface area is 106 Å². The third-order valence-electron chi connectivity index (χ3n) is 2.89. The van der Waals surface area contributed by atoms with Crippen LogP contribution in [0.15, 0.2) is 0 Å². The zero-order valence-corrected chi connectivity index (χ0v) is 12.2. The second-order valence-electron chi connectivity index (χ2n) is 4.80. The van der Waals surface area contributed by atoms with E-state index in [0.29, 0.717) is 19.1 Å². The van der Waals surface area contributed by atoms with Crippen LogP contribution >= 0.6 is 0 Å². The summed E-state index contributed by atoms with van der Waals surface area (Å²) in [5.74, 6) is -0.101. The molecule has 17 heavy (non-hydrogen) atoms. The van der Waals surface area contributed by atoms with Crippen molar-refractivity contribution in [2.45, 2.75) is 46.2 Å². The van der Waals surface area contributed by atoms with Crippen molar-refractivity contribution >= 4 is 5.97 Å². The Bertz CT molecular complexity index is 219. The number of nitrogens with zero attached hydrogens (tertiary/aromatic N) is 2. The van der Waals surface area contributed by atoms with Crippen LogP contribution in [0.25, 0.3) is 0 Å². The van der Waals surface area contributed by atoms with Crippen molar-refractivity contribution in [1.29, 1.82) is 0 Å². The van der Waals surface area contributed by atoms with Gasteiger partial charge in [-0.2, -0.15) is 0 Å². The highest BCUT2D eigenvalue weighted by molar-refractivity contribution is 5.70. The lowest BCUT2D eigenvalue weighted by molar-refractivity contribution is -0.144. The molecule has 0 aliphatic carbocycles. The van der Waals surface area contributed by atoms with Gasteiger partial charge in [-0.1, -0.05) is 6.92 Å². The normalized spacial score (nSPS) is 15.1. The summed E-state index contributed by atoms with van der Waals surface area (Å²) in [6.07, 6.45) is 0.472. The second kappa shape index (κ2) is 8.48. The fraction of sp³-hybridized carbons (Fsp3) is 0.923. The van der Waals surface area contributed by atoms with Crippen LogP contribution in [0.2, 0.25) is 0 Å². The second-order valence-corrected chi connectivity index (χ2v) is 4.80. The summed E-state index contributed by atoms with van der Waals surface area (Å²) in [4.78, 5) is 16.0. The van der Waals surface area contributed by atoms with E-state index in [-0.39, 0.29) is 12.0 Å². The largest absolute Gasteiger partial charge is 0.466 e. The van der Waals surface area contributed by atoms with E-state index < -0.39 is 0 Å². The summed E-state index contributed by atoms with van der Waals surface area (Å²) in [6.45, 7) is 10.7. The lowest BCUT2D eigenvalue weighted by Crippen LogP contribution is -2.45. The predicted octanol–water partition coefficient (Wildman–Crippen LogP) is 1.60. The average molecular weight is 244 g/mol. The molecule has 2 atom stereocenters. The topological polar surface area (TPSA) is 32.8 Å². The first-order valence-corrected chi connectivity index (χ1v) is 6.48. The third kappa shape index (κ3) is 6.64. The van der Waals surface area contributed by atoms with Gasteiger partial charge in [0.1, 0.15) is 0 Å². The molecule has 4 heteroatoms. The van der Waals surface area contributed by atoms with Gasteiger partial charge in [-0.15, -0.1) is 0 Å². The highest BCUT2D eigenvalue weighted by Crippen LogP contribution is 2.10. The first-order chi connectivity index (χ1) is 7.92. The molecule has 0 aliphatic rings. The summed E-state index contributed by atoms with van der Waals surface area (Å²) in [5.41, 5.74) is 0. The molecular weight excluding hydrogens is 216 g/mol. The molecule has 0 N–H and O–H groups in total. The third-order valence-corrected chi connectivity index (χ3v) is 2.89. The van der Waals surface area contributed by atoms with Gasteiger partial charge in [0, 0.05) is 18.6 Å². The van der Waals surface area contributed by atoms with Gasteiger partial charge in [0.05, 0.1) is 13.0 Å². The van der Waals surface area contributed by atoms with Crippen LogP contribution in [0.5, 0.6) is 0 Å². The van der Waals surface area contributed by atoms with Crippen molar-refractivity contribution in [2.24, 2.45) is 0 Å². The van der Waals surface area contributed by atoms with Gasteiger partial charge in [0.2, 0.25) is 0 Å². The van der Waals surface area contributed by atoms with Gasteiger partial charge in [-0.3, -0.25) is 9.69 Å². The van der Waals surface area contributed by atoms with Crippen LogP contribution in [0.4, 0.5) is 0 Å². The number of likely N-dealkylation sites (N-methyl/N-ethyl adjacent to an activating group) is 2. The Morgan fingerprint density at radius 1 is 1.18 bits per heavy atom. The predicted molar refractivity (Wildman–Crippen MR) is 71.1 cm³/mol. The molecule has 0 spiro atoms. The number of esters is 1. The Morgan fingerprint density at radius 2 is 1.76 bits per heavy atom. The highest BCUT2D eigenvalue weighted by Gasteiger charge is 2.21. The summed E-state index contributed by atoms with van der Waals surface area (Å²) in [5, 5.41) is 0. The summed E-state index contributed by atoms with van der Waals surface area (Å²) in [7, 11) is 4.14. The van der Waals surface area contributed by atoms with Crippen molar-refractivity contribution in [1.82, 2.24) is 9.80 Å². The molecule has 0 aromatic rings. The van der Waals surface area contributed by atoms with E-state index in [0.717, 1.165) is 13.1 Å². The molecule has 0 fully saturated rings. The molecule has 2 unspecified atom stereocenters. The molecule has 0 bridgehead atoms. The van der Waals surface area contributed by atoms with Crippen LogP contribution in [0, 0.1) is 0 Å². The number of ether oxygens (including phenoxy) is 1.